The Morgan fingerprint density at radius 2 is 1.65 bits per heavy atom. The average molecular weight is 341 g/mol. The number of carbonyl (C=O) groups is 1. The van der Waals surface area contributed by atoms with Gasteiger partial charge in [0.1, 0.15) is 0 Å². The smallest absolute Gasteiger partial charge is 0.245 e. The molecule has 0 aliphatic heterocycles. The molecule has 1 heterocycles. The molecule has 3 aromatic carbocycles. The second-order valence-electron chi connectivity index (χ2n) is 6.31. The molecule has 0 fully saturated rings. The molecule has 4 rings (SSSR count). The van der Waals surface area contributed by atoms with Crippen LogP contribution in [0.2, 0.25) is 0 Å². The summed E-state index contributed by atoms with van der Waals surface area (Å²) in [5.41, 5.74) is 4.61. The zero-order valence-electron chi connectivity index (χ0n) is 14.5. The predicted molar refractivity (Wildman–Crippen MR) is 106 cm³/mol. The minimum atomic E-state index is -0.132. The topological polar surface area (TPSA) is 46.4 Å². The van der Waals surface area contributed by atoms with E-state index in [4.69, 9.17) is 0 Å². The van der Waals surface area contributed by atoms with Gasteiger partial charge in [0.15, 0.2) is 0 Å². The van der Waals surface area contributed by atoms with Crippen molar-refractivity contribution in [1.82, 2.24) is 9.99 Å². The van der Waals surface area contributed by atoms with E-state index in [1.807, 2.05) is 54.2 Å². The van der Waals surface area contributed by atoms with E-state index in [0.717, 1.165) is 32.8 Å². The number of aryl methyl sites for hydroxylation is 1. The number of nitrogens with one attached hydrogen (secondary N) is 1. The molecule has 26 heavy (non-hydrogen) atoms. The van der Waals surface area contributed by atoms with Crippen molar-refractivity contribution in [2.24, 2.45) is 12.1 Å². The number of fused-ring (bicyclic) bond motifs is 2. The van der Waals surface area contributed by atoms with Gasteiger partial charge in [0.2, 0.25) is 5.91 Å². The quantitative estimate of drug-likeness (QED) is 0.340. The van der Waals surface area contributed by atoms with Gasteiger partial charge < -0.3 is 4.57 Å². The highest BCUT2D eigenvalue weighted by Gasteiger charge is 2.07. The zero-order chi connectivity index (χ0) is 17.9. The Morgan fingerprint density at radius 1 is 1.00 bits per heavy atom. The van der Waals surface area contributed by atoms with Gasteiger partial charge in [-0.15, -0.1) is 0 Å². The lowest BCUT2D eigenvalue weighted by molar-refractivity contribution is -0.120. The molecule has 0 atom stereocenters. The van der Waals surface area contributed by atoms with E-state index in [1.54, 1.807) is 6.21 Å². The van der Waals surface area contributed by atoms with Crippen molar-refractivity contribution < 1.29 is 4.79 Å². The van der Waals surface area contributed by atoms with Crippen molar-refractivity contribution in [3.05, 3.63) is 84.2 Å². The third-order valence-corrected chi connectivity index (χ3v) is 4.59. The van der Waals surface area contributed by atoms with Crippen molar-refractivity contribution in [3.8, 4) is 0 Å². The lowest BCUT2D eigenvalue weighted by atomic mass is 9.97. The summed E-state index contributed by atoms with van der Waals surface area (Å²) in [6.45, 7) is 0. The van der Waals surface area contributed by atoms with Crippen LogP contribution in [0.3, 0.4) is 0 Å². The van der Waals surface area contributed by atoms with Gasteiger partial charge in [-0.25, -0.2) is 5.43 Å². The molecule has 0 aliphatic carbocycles. The number of hydrogen-bond acceptors (Lipinski definition) is 2. The first-order valence-electron chi connectivity index (χ1n) is 8.55. The summed E-state index contributed by atoms with van der Waals surface area (Å²) >= 11 is 0. The van der Waals surface area contributed by atoms with Crippen LogP contribution >= 0.6 is 0 Å². The molecule has 128 valence electrons. The van der Waals surface area contributed by atoms with Gasteiger partial charge in [-0.1, -0.05) is 48.5 Å². The number of nitrogens with zero attached hydrogens (tertiary/aromatic N) is 2. The van der Waals surface area contributed by atoms with Crippen LogP contribution in [0, 0.1) is 0 Å². The molecular formula is C22H19N3O. The largest absolute Gasteiger partial charge is 0.354 e. The maximum atomic E-state index is 12.1. The summed E-state index contributed by atoms with van der Waals surface area (Å²) in [6, 6.07) is 22.5. The first kappa shape index (κ1) is 16.1. The van der Waals surface area contributed by atoms with E-state index in [1.165, 1.54) is 0 Å². The lowest BCUT2D eigenvalue weighted by Gasteiger charge is -2.08. The monoisotopic (exact) mass is 341 g/mol. The standard InChI is InChI=1S/C22H19N3O/c1-25-12-6-9-18(25)14-22(26)24-23-15-21-19-10-4-2-7-16(19)13-17-8-3-5-11-20(17)21/h2-13,15H,14H2,1H3,(H,24,26). The molecule has 4 nitrogen and oxygen atoms in total. The van der Waals surface area contributed by atoms with Crippen molar-refractivity contribution in [3.63, 3.8) is 0 Å². The Hall–Kier alpha value is -3.40. The van der Waals surface area contributed by atoms with Gasteiger partial charge >= 0.3 is 0 Å². The van der Waals surface area contributed by atoms with E-state index >= 15 is 0 Å². The van der Waals surface area contributed by atoms with Gasteiger partial charge in [-0.3, -0.25) is 4.79 Å². The van der Waals surface area contributed by atoms with E-state index in [9.17, 15) is 4.79 Å². The predicted octanol–water partition coefficient (Wildman–Crippen LogP) is 4.02. The number of aromatic nitrogens is 1. The molecule has 0 saturated carbocycles. The third kappa shape index (κ3) is 3.09. The first-order valence-corrected chi connectivity index (χ1v) is 8.55. The Labute approximate surface area is 151 Å². The minimum Gasteiger partial charge on any atom is -0.354 e. The fourth-order valence-electron chi connectivity index (χ4n) is 3.24. The van der Waals surface area contributed by atoms with Crippen LogP contribution in [0.25, 0.3) is 21.5 Å². The molecule has 0 bridgehead atoms. The Balaban J connectivity index is 1.64. The summed E-state index contributed by atoms with van der Waals surface area (Å²) in [4.78, 5) is 12.1. The van der Waals surface area contributed by atoms with Gasteiger partial charge in [-0.2, -0.15) is 5.10 Å². The van der Waals surface area contributed by atoms with Gasteiger partial charge in [0.05, 0.1) is 12.6 Å². The summed E-state index contributed by atoms with van der Waals surface area (Å²) in [6.07, 6.45) is 3.97. The molecule has 0 aliphatic rings. The van der Waals surface area contributed by atoms with E-state index in [2.05, 4.69) is 40.9 Å². The molecule has 1 aromatic heterocycles. The molecule has 0 radical (unpaired) electrons. The molecular weight excluding hydrogens is 322 g/mol. The average Bonchev–Trinajstić information content (AvgIpc) is 3.05. The zero-order valence-corrected chi connectivity index (χ0v) is 14.5. The van der Waals surface area contributed by atoms with Crippen LogP contribution < -0.4 is 5.43 Å². The summed E-state index contributed by atoms with van der Waals surface area (Å²) < 4.78 is 1.93. The number of benzene rings is 3. The van der Waals surface area contributed by atoms with Gasteiger partial charge in [0.25, 0.3) is 0 Å². The van der Waals surface area contributed by atoms with Crippen molar-refractivity contribution in [2.75, 3.05) is 0 Å². The highest BCUT2D eigenvalue weighted by molar-refractivity contribution is 6.13. The second-order valence-corrected chi connectivity index (χ2v) is 6.31. The highest BCUT2D eigenvalue weighted by atomic mass is 16.2. The normalized spacial score (nSPS) is 11.4. The Morgan fingerprint density at radius 3 is 2.27 bits per heavy atom. The molecule has 0 spiro atoms. The minimum absolute atomic E-state index is 0.132. The van der Waals surface area contributed by atoms with E-state index in [0.29, 0.717) is 6.42 Å². The number of carbonyl (C=O) groups excluding carboxylic acids is 1. The van der Waals surface area contributed by atoms with Gasteiger partial charge in [-0.05, 0) is 39.7 Å². The number of hydrazone groups is 1. The van der Waals surface area contributed by atoms with Crippen LogP contribution in [0.15, 0.2) is 78.0 Å². The summed E-state index contributed by atoms with van der Waals surface area (Å²) in [7, 11) is 1.92. The number of hydrogen-bond donors (Lipinski definition) is 1. The first-order chi connectivity index (χ1) is 12.7. The van der Waals surface area contributed by atoms with Crippen molar-refractivity contribution in [1.29, 1.82) is 0 Å². The highest BCUT2D eigenvalue weighted by Crippen LogP contribution is 2.27. The van der Waals surface area contributed by atoms with Gasteiger partial charge in [0, 0.05) is 24.5 Å². The Bertz CT molecular complexity index is 1070. The second kappa shape index (κ2) is 6.84. The van der Waals surface area contributed by atoms with Crippen molar-refractivity contribution in [2.45, 2.75) is 6.42 Å². The lowest BCUT2D eigenvalue weighted by Crippen LogP contribution is -2.20. The fraction of sp³-hybridized carbons (Fsp3) is 0.0909. The van der Waals surface area contributed by atoms with Crippen LogP contribution in [0.4, 0.5) is 0 Å². The fourth-order valence-corrected chi connectivity index (χ4v) is 3.24. The van der Waals surface area contributed by atoms with Crippen molar-refractivity contribution >= 4 is 33.7 Å². The van der Waals surface area contributed by atoms with Crippen LogP contribution in [-0.4, -0.2) is 16.7 Å². The number of rotatable bonds is 4. The van der Waals surface area contributed by atoms with E-state index < -0.39 is 0 Å². The number of amides is 1. The maximum absolute atomic E-state index is 12.1. The van der Waals surface area contributed by atoms with E-state index in [-0.39, 0.29) is 5.91 Å². The Kier molecular flexibility index (Phi) is 4.23. The molecule has 4 aromatic rings. The van der Waals surface area contributed by atoms with Crippen LogP contribution in [-0.2, 0) is 18.3 Å². The van der Waals surface area contributed by atoms with Crippen LogP contribution in [0.1, 0.15) is 11.3 Å². The molecule has 0 saturated heterocycles. The molecule has 1 amide bonds. The maximum Gasteiger partial charge on any atom is 0.245 e. The third-order valence-electron chi connectivity index (χ3n) is 4.59. The SMILES string of the molecule is Cn1cccc1CC(=O)NN=Cc1c2ccccc2cc2ccccc12. The molecule has 4 heteroatoms. The summed E-state index contributed by atoms with van der Waals surface area (Å²) in [5.74, 6) is -0.132. The summed E-state index contributed by atoms with van der Waals surface area (Å²) in [5, 5.41) is 8.76. The molecule has 0 unspecified atom stereocenters. The molecule has 1 N–H and O–H groups in total. The van der Waals surface area contributed by atoms with Crippen LogP contribution in [0.5, 0.6) is 0 Å².